The molecule has 0 saturated carbocycles. The molecule has 0 aromatic carbocycles. The summed E-state index contributed by atoms with van der Waals surface area (Å²) in [5.41, 5.74) is 0. The number of carbonyl (C=O) groups is 1. The number of amides is 1. The Morgan fingerprint density at radius 3 is 2.73 bits per heavy atom. The van der Waals surface area contributed by atoms with Crippen molar-refractivity contribution in [3.8, 4) is 0 Å². The average molecular weight is 156 g/mol. The number of nitrogens with one attached hydrogen (secondary N) is 1. The fraction of sp³-hybridized carbons (Fsp3) is 0.714. The van der Waals surface area contributed by atoms with Crippen LogP contribution in [0.4, 0.5) is 0 Å². The molecule has 0 atom stereocenters. The maximum atomic E-state index is 10.1. The molecule has 4 heteroatoms. The van der Waals surface area contributed by atoms with E-state index in [0.717, 1.165) is 32.5 Å². The van der Waals surface area contributed by atoms with Crippen LogP contribution < -0.4 is 5.32 Å². The Hall–Kier alpha value is -1.06. The van der Waals surface area contributed by atoms with Gasteiger partial charge in [0, 0.05) is 13.0 Å². The first-order valence-electron chi connectivity index (χ1n) is 3.76. The number of ether oxygens (including phenoxy) is 1. The zero-order valence-corrected chi connectivity index (χ0v) is 6.38. The molecule has 0 aliphatic carbocycles. The highest BCUT2D eigenvalue weighted by atomic mass is 16.5. The zero-order chi connectivity index (χ0) is 7.94. The minimum absolute atomic E-state index is 0.204. The number of hydrogen-bond acceptors (Lipinski definition) is 3. The molecule has 0 unspecified atom stereocenters. The van der Waals surface area contributed by atoms with Crippen molar-refractivity contribution in [1.29, 1.82) is 0 Å². The second kappa shape index (κ2) is 4.71. The molecule has 11 heavy (non-hydrogen) atoms. The van der Waals surface area contributed by atoms with Crippen LogP contribution in [0, 0.1) is 0 Å². The third-order valence-corrected chi connectivity index (χ3v) is 1.39. The second-order valence-electron chi connectivity index (χ2n) is 2.34. The molecule has 0 spiro atoms. The molecular weight excluding hydrogens is 144 g/mol. The smallest absolute Gasteiger partial charge is 0.220 e. The van der Waals surface area contributed by atoms with Crippen molar-refractivity contribution in [3.63, 3.8) is 0 Å². The lowest BCUT2D eigenvalue weighted by Gasteiger charge is -1.80. The van der Waals surface area contributed by atoms with Crippen molar-refractivity contribution in [1.82, 2.24) is 5.32 Å². The van der Waals surface area contributed by atoms with Gasteiger partial charge >= 0.3 is 0 Å². The van der Waals surface area contributed by atoms with Crippen molar-refractivity contribution < 1.29 is 9.53 Å². The van der Waals surface area contributed by atoms with E-state index < -0.39 is 0 Å². The summed E-state index contributed by atoms with van der Waals surface area (Å²) in [4.78, 5) is 13.9. The lowest BCUT2D eigenvalue weighted by molar-refractivity contribution is -0.119. The van der Waals surface area contributed by atoms with Gasteiger partial charge in [-0.2, -0.15) is 0 Å². The van der Waals surface area contributed by atoms with Crippen molar-refractivity contribution in [2.45, 2.75) is 12.8 Å². The Kier molecular flexibility index (Phi) is 3.44. The number of carbonyl (C=O) groups excluding carboxylic acids is 1. The second-order valence-corrected chi connectivity index (χ2v) is 2.34. The summed E-state index contributed by atoms with van der Waals surface area (Å²) in [6.07, 6.45) is 3.25. The molecule has 2 heterocycles. The van der Waals surface area contributed by atoms with Gasteiger partial charge in [0.05, 0.1) is 6.54 Å². The molecule has 0 bridgehead atoms. The largest absolute Gasteiger partial charge is 0.482 e. The van der Waals surface area contributed by atoms with Crippen molar-refractivity contribution in [3.05, 3.63) is 0 Å². The van der Waals surface area contributed by atoms with Gasteiger partial charge in [-0.15, -0.1) is 0 Å². The molecule has 1 saturated heterocycles. The predicted octanol–water partition coefficient (Wildman–Crippen LogP) is -0.0587. The summed E-state index contributed by atoms with van der Waals surface area (Å²) in [6.45, 7) is 2.51. The standard InChI is InChI=1S/C4H7NO.C3H5NO/c6-4-2-1-3-5-4;1-2-5-3-4-1/h1-3H2,(H,5,6);3H,1-2H2. The molecule has 62 valence electrons. The van der Waals surface area contributed by atoms with E-state index in [1.54, 1.807) is 0 Å². The molecule has 0 radical (unpaired) electrons. The first kappa shape index (κ1) is 8.04. The van der Waals surface area contributed by atoms with Gasteiger partial charge < -0.3 is 10.1 Å². The molecular formula is C7H12N2O2. The lowest BCUT2D eigenvalue weighted by Crippen LogP contribution is -2.12. The van der Waals surface area contributed by atoms with Crippen LogP contribution in [0.1, 0.15) is 12.8 Å². The minimum Gasteiger partial charge on any atom is -0.482 e. The molecule has 0 aromatic rings. The number of nitrogens with zero attached hydrogens (tertiary/aromatic N) is 1. The van der Waals surface area contributed by atoms with E-state index >= 15 is 0 Å². The van der Waals surface area contributed by atoms with Crippen LogP contribution in [0.15, 0.2) is 4.99 Å². The highest BCUT2D eigenvalue weighted by molar-refractivity contribution is 5.77. The Balaban J connectivity index is 0.000000112. The van der Waals surface area contributed by atoms with E-state index in [0.29, 0.717) is 0 Å². The number of hydrogen-bond donors (Lipinski definition) is 1. The normalized spacial score (nSPS) is 20.2. The molecule has 4 nitrogen and oxygen atoms in total. The summed E-state index contributed by atoms with van der Waals surface area (Å²) in [7, 11) is 0. The summed E-state index contributed by atoms with van der Waals surface area (Å²) < 4.78 is 4.65. The highest BCUT2D eigenvalue weighted by Crippen LogP contribution is 1.93. The fourth-order valence-corrected chi connectivity index (χ4v) is 0.829. The van der Waals surface area contributed by atoms with Crippen molar-refractivity contribution in [2.75, 3.05) is 19.7 Å². The van der Waals surface area contributed by atoms with Gasteiger partial charge in [-0.1, -0.05) is 0 Å². The fourth-order valence-electron chi connectivity index (χ4n) is 0.829. The van der Waals surface area contributed by atoms with E-state index in [1.165, 1.54) is 6.40 Å². The quantitative estimate of drug-likeness (QED) is 0.534. The van der Waals surface area contributed by atoms with E-state index in [9.17, 15) is 4.79 Å². The summed E-state index contributed by atoms with van der Waals surface area (Å²) in [5.74, 6) is 0.204. The Labute approximate surface area is 65.6 Å². The van der Waals surface area contributed by atoms with Gasteiger partial charge in [-0.05, 0) is 6.42 Å². The molecule has 1 amide bonds. The highest BCUT2D eigenvalue weighted by Gasteiger charge is 2.05. The van der Waals surface area contributed by atoms with Gasteiger partial charge in [-0.3, -0.25) is 9.79 Å². The predicted molar refractivity (Wildman–Crippen MR) is 41.6 cm³/mol. The molecule has 2 rings (SSSR count). The monoisotopic (exact) mass is 156 g/mol. The van der Waals surface area contributed by atoms with Gasteiger partial charge in [0.25, 0.3) is 0 Å². The minimum atomic E-state index is 0.204. The van der Waals surface area contributed by atoms with Crippen LogP contribution in [0.3, 0.4) is 0 Å². The van der Waals surface area contributed by atoms with Crippen LogP contribution in [-0.2, 0) is 9.53 Å². The third kappa shape index (κ3) is 3.60. The Morgan fingerprint density at radius 1 is 1.64 bits per heavy atom. The van der Waals surface area contributed by atoms with Gasteiger partial charge in [0.15, 0.2) is 6.40 Å². The SMILES string of the molecule is C1=NCCO1.O=C1CCCN1. The van der Waals surface area contributed by atoms with Crippen molar-refractivity contribution >= 4 is 12.3 Å². The van der Waals surface area contributed by atoms with Gasteiger partial charge in [0.1, 0.15) is 6.61 Å². The third-order valence-electron chi connectivity index (χ3n) is 1.39. The number of aliphatic imine (C=N–C) groups is 1. The van der Waals surface area contributed by atoms with Crippen LogP contribution in [0.5, 0.6) is 0 Å². The topological polar surface area (TPSA) is 50.7 Å². The molecule has 2 aliphatic rings. The van der Waals surface area contributed by atoms with E-state index in [4.69, 9.17) is 0 Å². The van der Waals surface area contributed by atoms with Crippen molar-refractivity contribution in [2.24, 2.45) is 4.99 Å². The Bertz CT molecular complexity index is 143. The van der Waals surface area contributed by atoms with Crippen LogP contribution in [-0.4, -0.2) is 32.0 Å². The first-order chi connectivity index (χ1) is 5.39. The number of rotatable bonds is 0. The van der Waals surface area contributed by atoms with Gasteiger partial charge in [0.2, 0.25) is 5.91 Å². The average Bonchev–Trinajstić information content (AvgIpc) is 2.57. The molecule has 1 fully saturated rings. The van der Waals surface area contributed by atoms with Crippen LogP contribution >= 0.6 is 0 Å². The first-order valence-corrected chi connectivity index (χ1v) is 3.76. The maximum absolute atomic E-state index is 10.1. The maximum Gasteiger partial charge on any atom is 0.220 e. The van der Waals surface area contributed by atoms with E-state index in [2.05, 4.69) is 15.0 Å². The summed E-state index contributed by atoms with van der Waals surface area (Å²) in [5, 5.41) is 2.68. The summed E-state index contributed by atoms with van der Waals surface area (Å²) >= 11 is 0. The van der Waals surface area contributed by atoms with Crippen LogP contribution in [0.25, 0.3) is 0 Å². The molecule has 1 N–H and O–H groups in total. The van der Waals surface area contributed by atoms with Gasteiger partial charge in [-0.25, -0.2) is 0 Å². The molecule has 0 aromatic heterocycles. The molecule has 2 aliphatic heterocycles. The lowest BCUT2D eigenvalue weighted by atomic mass is 10.4. The van der Waals surface area contributed by atoms with E-state index in [-0.39, 0.29) is 5.91 Å². The van der Waals surface area contributed by atoms with E-state index in [1.807, 2.05) is 0 Å². The Morgan fingerprint density at radius 2 is 2.55 bits per heavy atom. The zero-order valence-electron chi connectivity index (χ0n) is 6.38. The van der Waals surface area contributed by atoms with Crippen LogP contribution in [0.2, 0.25) is 0 Å². The summed E-state index contributed by atoms with van der Waals surface area (Å²) in [6, 6.07) is 0.